The average Bonchev–Trinajstić information content (AvgIpc) is 3.33. The minimum atomic E-state index is -1.59. The summed E-state index contributed by atoms with van der Waals surface area (Å²) >= 11 is 0. The van der Waals surface area contributed by atoms with Crippen molar-refractivity contribution in [1.82, 2.24) is 0 Å². The van der Waals surface area contributed by atoms with Crippen molar-refractivity contribution in [2.75, 3.05) is 15.1 Å². The Bertz CT molecular complexity index is 1500. The van der Waals surface area contributed by atoms with Gasteiger partial charge in [-0.2, -0.15) is 10.5 Å². The summed E-state index contributed by atoms with van der Waals surface area (Å²) in [5.41, 5.74) is 10.2. The molecule has 4 heterocycles. The Labute approximate surface area is 204 Å². The minimum Gasteiger partial charge on any atom is -0.384 e. The van der Waals surface area contributed by atoms with Crippen LogP contribution in [0.15, 0.2) is 59.2 Å². The van der Waals surface area contributed by atoms with Crippen LogP contribution in [0.25, 0.3) is 0 Å². The number of benzene rings is 2. The summed E-state index contributed by atoms with van der Waals surface area (Å²) in [6.45, 7) is 8.36. The van der Waals surface area contributed by atoms with Crippen LogP contribution in [-0.4, -0.2) is 11.4 Å². The first-order valence-corrected chi connectivity index (χ1v) is 12.0. The van der Waals surface area contributed by atoms with Crippen molar-refractivity contribution in [3.05, 3.63) is 75.9 Å². The van der Waals surface area contributed by atoms with Gasteiger partial charge in [0.15, 0.2) is 5.41 Å². The lowest BCUT2D eigenvalue weighted by atomic mass is 9.67. The van der Waals surface area contributed by atoms with E-state index in [-0.39, 0.29) is 28.8 Å². The molecule has 35 heavy (non-hydrogen) atoms. The predicted octanol–water partition coefficient (Wildman–Crippen LogP) is 4.49. The summed E-state index contributed by atoms with van der Waals surface area (Å²) < 4.78 is 0. The Morgan fingerprint density at radius 1 is 1.17 bits per heavy atom. The van der Waals surface area contributed by atoms with Crippen molar-refractivity contribution in [2.45, 2.75) is 57.4 Å². The molecule has 0 aliphatic carbocycles. The van der Waals surface area contributed by atoms with E-state index in [0.717, 1.165) is 41.0 Å². The molecule has 1 spiro atoms. The van der Waals surface area contributed by atoms with Gasteiger partial charge in [0.2, 0.25) is 5.91 Å². The van der Waals surface area contributed by atoms with Gasteiger partial charge in [-0.25, -0.2) is 0 Å². The molecule has 0 aromatic heterocycles. The van der Waals surface area contributed by atoms with Crippen molar-refractivity contribution in [3.8, 4) is 12.1 Å². The fourth-order valence-corrected chi connectivity index (χ4v) is 6.62. The van der Waals surface area contributed by atoms with Crippen molar-refractivity contribution in [3.63, 3.8) is 0 Å². The van der Waals surface area contributed by atoms with E-state index in [1.165, 1.54) is 0 Å². The highest BCUT2D eigenvalue weighted by molar-refractivity contribution is 6.17. The number of hydrogen-bond donors (Lipinski definition) is 2. The summed E-state index contributed by atoms with van der Waals surface area (Å²) in [5, 5.41) is 24.5. The van der Waals surface area contributed by atoms with Crippen molar-refractivity contribution >= 4 is 23.0 Å². The SMILES string of the molecule is CCc1cc2c3c(c1)[C@]1(C(=O)N3C(C)(C)C[C@H]2C)C(C#N)=C(N)N2C(=C1C#N)Nc1ccccc12. The molecule has 7 nitrogen and oxygen atoms in total. The van der Waals surface area contributed by atoms with Crippen LogP contribution in [0.3, 0.4) is 0 Å². The second kappa shape index (κ2) is 6.67. The van der Waals surface area contributed by atoms with Gasteiger partial charge in [0, 0.05) is 11.1 Å². The lowest BCUT2D eigenvalue weighted by Crippen LogP contribution is -2.55. The van der Waals surface area contributed by atoms with Crippen molar-refractivity contribution in [1.29, 1.82) is 10.5 Å². The number of amides is 1. The molecule has 7 heteroatoms. The molecule has 174 valence electrons. The van der Waals surface area contributed by atoms with E-state index in [1.54, 1.807) is 4.90 Å². The Morgan fingerprint density at radius 2 is 1.89 bits per heavy atom. The van der Waals surface area contributed by atoms with Gasteiger partial charge in [-0.15, -0.1) is 0 Å². The number of nitrogens with one attached hydrogen (secondary N) is 1. The number of rotatable bonds is 1. The highest BCUT2D eigenvalue weighted by Crippen LogP contribution is 2.61. The van der Waals surface area contributed by atoms with Crippen LogP contribution in [0, 0.1) is 22.7 Å². The number of nitriles is 2. The minimum absolute atomic E-state index is 0.106. The lowest BCUT2D eigenvalue weighted by molar-refractivity contribution is -0.122. The number of carbonyl (C=O) groups excluding carboxylic acids is 1. The van der Waals surface area contributed by atoms with Crippen LogP contribution >= 0.6 is 0 Å². The number of aryl methyl sites for hydroxylation is 1. The summed E-state index contributed by atoms with van der Waals surface area (Å²) in [6, 6.07) is 16.4. The smallest absolute Gasteiger partial charge is 0.249 e. The zero-order chi connectivity index (χ0) is 24.9. The molecule has 4 aliphatic rings. The third kappa shape index (κ3) is 2.31. The molecule has 2 aromatic carbocycles. The first-order valence-electron chi connectivity index (χ1n) is 12.0. The molecule has 0 saturated heterocycles. The summed E-state index contributed by atoms with van der Waals surface area (Å²) in [5.74, 6) is 0.567. The maximum Gasteiger partial charge on any atom is 0.249 e. The van der Waals surface area contributed by atoms with E-state index in [1.807, 2.05) is 35.2 Å². The monoisotopic (exact) mass is 462 g/mol. The number of carbonyl (C=O) groups is 1. The van der Waals surface area contributed by atoms with E-state index in [4.69, 9.17) is 5.73 Å². The maximum absolute atomic E-state index is 14.7. The fraction of sp³-hybridized carbons (Fsp3) is 0.321. The highest BCUT2D eigenvalue weighted by atomic mass is 16.2. The zero-order valence-corrected chi connectivity index (χ0v) is 20.2. The third-order valence-electron chi connectivity index (χ3n) is 8.03. The van der Waals surface area contributed by atoms with E-state index in [9.17, 15) is 15.3 Å². The van der Waals surface area contributed by atoms with Crippen LogP contribution in [0.1, 0.15) is 56.7 Å². The van der Waals surface area contributed by atoms with Gasteiger partial charge in [-0.05, 0) is 55.9 Å². The topological polar surface area (TPSA) is 109 Å². The van der Waals surface area contributed by atoms with E-state index >= 15 is 0 Å². The van der Waals surface area contributed by atoms with E-state index < -0.39 is 11.0 Å². The van der Waals surface area contributed by atoms with Crippen LogP contribution < -0.4 is 20.9 Å². The fourth-order valence-electron chi connectivity index (χ4n) is 6.62. The van der Waals surface area contributed by atoms with Gasteiger partial charge in [0.25, 0.3) is 0 Å². The third-order valence-corrected chi connectivity index (χ3v) is 8.03. The van der Waals surface area contributed by atoms with E-state index in [0.29, 0.717) is 11.4 Å². The first-order chi connectivity index (χ1) is 16.7. The number of hydrogen-bond acceptors (Lipinski definition) is 6. The number of nitrogens with two attached hydrogens (primary N) is 1. The molecule has 0 radical (unpaired) electrons. The molecule has 6 rings (SSSR count). The standard InChI is InChI=1S/C28H26N6O/c1-5-16-10-17-15(2)12-27(3,4)34-23(17)18(11-16)28(26(34)35)19(13-29)24(31)33-22-9-7-6-8-21(22)32-25(33)20(28)14-30/h6-11,15,32H,5,12,31H2,1-4H3/t15-,28+/m1/s1. The Balaban J connectivity index is 1.77. The molecule has 1 amide bonds. The molecule has 0 saturated carbocycles. The highest BCUT2D eigenvalue weighted by Gasteiger charge is 2.65. The lowest BCUT2D eigenvalue weighted by Gasteiger charge is -2.44. The predicted molar refractivity (Wildman–Crippen MR) is 134 cm³/mol. The van der Waals surface area contributed by atoms with Crippen LogP contribution in [0.4, 0.5) is 17.1 Å². The number of nitrogens with zero attached hydrogens (tertiary/aromatic N) is 4. The van der Waals surface area contributed by atoms with Gasteiger partial charge in [0.05, 0.1) is 28.2 Å². The summed E-state index contributed by atoms with van der Waals surface area (Å²) in [7, 11) is 0. The molecule has 2 atom stereocenters. The Kier molecular flexibility index (Phi) is 4.06. The Morgan fingerprint density at radius 3 is 2.57 bits per heavy atom. The van der Waals surface area contributed by atoms with E-state index in [2.05, 4.69) is 51.2 Å². The average molecular weight is 463 g/mol. The summed E-state index contributed by atoms with van der Waals surface area (Å²) in [6.07, 6.45) is 1.56. The second-order valence-corrected chi connectivity index (χ2v) is 10.4. The Hall–Kier alpha value is -4.23. The first kappa shape index (κ1) is 21.3. The molecule has 0 bridgehead atoms. The quantitative estimate of drug-likeness (QED) is 0.646. The van der Waals surface area contributed by atoms with Crippen LogP contribution in [0.2, 0.25) is 0 Å². The van der Waals surface area contributed by atoms with Gasteiger partial charge in [0.1, 0.15) is 23.8 Å². The molecule has 3 N–H and O–H groups in total. The van der Waals surface area contributed by atoms with Crippen molar-refractivity contribution in [2.24, 2.45) is 5.73 Å². The summed E-state index contributed by atoms with van der Waals surface area (Å²) in [4.78, 5) is 18.2. The molecular weight excluding hydrogens is 436 g/mol. The number of fused-ring (bicyclic) bond motifs is 4. The van der Waals surface area contributed by atoms with Crippen LogP contribution in [-0.2, 0) is 16.6 Å². The largest absolute Gasteiger partial charge is 0.384 e. The molecule has 4 aliphatic heterocycles. The molecule has 0 unspecified atom stereocenters. The maximum atomic E-state index is 14.7. The van der Waals surface area contributed by atoms with Crippen LogP contribution in [0.5, 0.6) is 0 Å². The number of para-hydroxylation sites is 2. The molecule has 0 fully saturated rings. The normalized spacial score (nSPS) is 25.2. The second-order valence-electron chi connectivity index (χ2n) is 10.4. The van der Waals surface area contributed by atoms with Gasteiger partial charge < -0.3 is 16.0 Å². The molecule has 2 aromatic rings. The zero-order valence-electron chi connectivity index (χ0n) is 20.2. The van der Waals surface area contributed by atoms with Crippen molar-refractivity contribution < 1.29 is 4.79 Å². The molecular formula is C28H26N6O. The van der Waals surface area contributed by atoms with Gasteiger partial charge in [-0.3, -0.25) is 9.69 Å². The number of anilines is 3. The van der Waals surface area contributed by atoms with Gasteiger partial charge >= 0.3 is 0 Å². The van der Waals surface area contributed by atoms with Gasteiger partial charge in [-0.1, -0.05) is 38.1 Å².